The van der Waals surface area contributed by atoms with E-state index >= 15 is 0 Å². The van der Waals surface area contributed by atoms with E-state index in [2.05, 4.69) is 6.92 Å². The first-order valence-electron chi connectivity index (χ1n) is 7.73. The molecule has 2 aromatic rings. The van der Waals surface area contributed by atoms with E-state index in [0.717, 1.165) is 30.5 Å². The lowest BCUT2D eigenvalue weighted by Crippen LogP contribution is -2.33. The molecule has 0 spiro atoms. The number of aryl methyl sites for hydroxylation is 2. The van der Waals surface area contributed by atoms with Crippen LogP contribution in [-0.4, -0.2) is 23.3 Å². The smallest absolute Gasteiger partial charge is 0.243 e. The van der Waals surface area contributed by atoms with Crippen molar-refractivity contribution in [3.8, 4) is 0 Å². The highest BCUT2D eigenvalue weighted by molar-refractivity contribution is 7.89. The van der Waals surface area contributed by atoms with E-state index in [1.54, 1.807) is 16.4 Å². The van der Waals surface area contributed by atoms with Gasteiger partial charge < -0.3 is 4.57 Å². The molecule has 1 saturated carbocycles. The minimum atomic E-state index is -3.44. The molecular weight excluding hydrogens is 296 g/mol. The quantitative estimate of drug-likeness (QED) is 0.822. The fraction of sp³-hybridized carbons (Fsp3) is 0.412. The van der Waals surface area contributed by atoms with Crippen LogP contribution in [0.3, 0.4) is 0 Å². The Hall–Kier alpha value is -1.59. The summed E-state index contributed by atoms with van der Waals surface area (Å²) in [5.41, 5.74) is 2.17. The summed E-state index contributed by atoms with van der Waals surface area (Å²) in [7, 11) is -1.49. The molecule has 0 aliphatic heterocycles. The molecule has 1 aromatic carbocycles. The van der Waals surface area contributed by atoms with Crippen LogP contribution in [0.15, 0.2) is 47.5 Å². The van der Waals surface area contributed by atoms with Gasteiger partial charge in [0.05, 0.1) is 11.4 Å². The van der Waals surface area contributed by atoms with Crippen LogP contribution in [0.4, 0.5) is 0 Å². The molecule has 118 valence electrons. The summed E-state index contributed by atoms with van der Waals surface area (Å²) in [6.45, 7) is 2.50. The van der Waals surface area contributed by atoms with E-state index in [9.17, 15) is 8.42 Å². The van der Waals surface area contributed by atoms with Crippen molar-refractivity contribution in [1.29, 1.82) is 0 Å². The second kappa shape index (κ2) is 5.89. The van der Waals surface area contributed by atoms with Gasteiger partial charge in [0.15, 0.2) is 0 Å². The van der Waals surface area contributed by atoms with Crippen LogP contribution >= 0.6 is 0 Å². The minimum Gasteiger partial charge on any atom is -0.353 e. The van der Waals surface area contributed by atoms with Crippen LogP contribution in [0.25, 0.3) is 0 Å². The lowest BCUT2D eigenvalue weighted by Gasteiger charge is -2.22. The maximum Gasteiger partial charge on any atom is 0.243 e. The van der Waals surface area contributed by atoms with Gasteiger partial charge in [0.2, 0.25) is 10.0 Å². The normalized spacial score (nSPS) is 15.4. The molecule has 0 radical (unpaired) electrons. The molecule has 1 aliphatic rings. The first-order valence-corrected chi connectivity index (χ1v) is 9.17. The van der Waals surface area contributed by atoms with Crippen molar-refractivity contribution < 1.29 is 8.42 Å². The van der Waals surface area contributed by atoms with Crippen LogP contribution in [0, 0.1) is 0 Å². The highest BCUT2D eigenvalue weighted by Gasteiger charge is 2.38. The Kier molecular flexibility index (Phi) is 4.10. The van der Waals surface area contributed by atoms with Crippen LogP contribution in [0.5, 0.6) is 0 Å². The van der Waals surface area contributed by atoms with Gasteiger partial charge >= 0.3 is 0 Å². The van der Waals surface area contributed by atoms with E-state index < -0.39 is 10.0 Å². The van der Waals surface area contributed by atoms with Gasteiger partial charge in [-0.1, -0.05) is 19.1 Å². The maximum atomic E-state index is 13.0. The summed E-state index contributed by atoms with van der Waals surface area (Å²) >= 11 is 0. The summed E-state index contributed by atoms with van der Waals surface area (Å²) in [4.78, 5) is 0.394. The van der Waals surface area contributed by atoms with Crippen molar-refractivity contribution in [2.45, 2.75) is 43.7 Å². The Morgan fingerprint density at radius 3 is 2.36 bits per heavy atom. The monoisotopic (exact) mass is 318 g/mol. The molecule has 5 heteroatoms. The highest BCUT2D eigenvalue weighted by atomic mass is 32.2. The predicted octanol–water partition coefficient (Wildman–Crippen LogP) is 2.94. The SMILES string of the molecule is CCc1ccc(S(=O)(=O)N(Cc2cccn2C)C2CC2)cc1. The van der Waals surface area contributed by atoms with Crippen LogP contribution < -0.4 is 0 Å². The highest BCUT2D eigenvalue weighted by Crippen LogP contribution is 2.33. The fourth-order valence-electron chi connectivity index (χ4n) is 2.63. The summed E-state index contributed by atoms with van der Waals surface area (Å²) in [5.74, 6) is 0. The second-order valence-electron chi connectivity index (χ2n) is 5.89. The standard InChI is InChI=1S/C17H22N2O2S/c1-3-14-6-10-17(11-7-14)22(20,21)19(15-8-9-15)13-16-5-4-12-18(16)2/h4-7,10-12,15H,3,8-9,13H2,1-2H3. The van der Waals surface area contributed by atoms with E-state index in [4.69, 9.17) is 0 Å². The Labute approximate surface area is 132 Å². The molecule has 0 bridgehead atoms. The predicted molar refractivity (Wildman–Crippen MR) is 87.0 cm³/mol. The Bertz CT molecular complexity index is 743. The first kappa shape index (κ1) is 15.3. The molecule has 3 rings (SSSR count). The molecule has 0 saturated heterocycles. The zero-order chi connectivity index (χ0) is 15.7. The maximum absolute atomic E-state index is 13.0. The fourth-order valence-corrected chi connectivity index (χ4v) is 4.28. The van der Waals surface area contributed by atoms with Gasteiger partial charge in [-0.05, 0) is 49.1 Å². The Morgan fingerprint density at radius 2 is 1.86 bits per heavy atom. The van der Waals surface area contributed by atoms with Gasteiger partial charge in [-0.25, -0.2) is 8.42 Å². The molecule has 22 heavy (non-hydrogen) atoms. The van der Waals surface area contributed by atoms with Gasteiger partial charge in [-0.15, -0.1) is 0 Å². The van der Waals surface area contributed by atoms with Crippen molar-refractivity contribution in [3.63, 3.8) is 0 Å². The first-order chi connectivity index (χ1) is 10.5. The summed E-state index contributed by atoms with van der Waals surface area (Å²) in [6.07, 6.45) is 4.77. The zero-order valence-corrected chi connectivity index (χ0v) is 13.9. The lowest BCUT2D eigenvalue weighted by atomic mass is 10.2. The van der Waals surface area contributed by atoms with Gasteiger partial charge in [0.1, 0.15) is 0 Å². The summed E-state index contributed by atoms with van der Waals surface area (Å²) in [6, 6.07) is 11.3. The van der Waals surface area contributed by atoms with Gasteiger partial charge in [-0.3, -0.25) is 0 Å². The number of nitrogens with zero attached hydrogens (tertiary/aromatic N) is 2. The molecular formula is C17H22N2O2S. The van der Waals surface area contributed by atoms with E-state index in [-0.39, 0.29) is 6.04 Å². The van der Waals surface area contributed by atoms with Gasteiger partial charge in [0, 0.05) is 25.0 Å². The molecule has 1 heterocycles. The molecule has 0 N–H and O–H groups in total. The topological polar surface area (TPSA) is 42.3 Å². The molecule has 1 aliphatic carbocycles. The van der Waals surface area contributed by atoms with Crippen molar-refractivity contribution in [2.75, 3.05) is 0 Å². The van der Waals surface area contributed by atoms with E-state index in [1.807, 2.05) is 42.1 Å². The molecule has 1 fully saturated rings. The summed E-state index contributed by atoms with van der Waals surface area (Å²) < 4.78 is 29.6. The number of benzene rings is 1. The van der Waals surface area contributed by atoms with Gasteiger partial charge in [0.25, 0.3) is 0 Å². The molecule has 4 nitrogen and oxygen atoms in total. The number of hydrogen-bond donors (Lipinski definition) is 0. The third kappa shape index (κ3) is 2.96. The van der Waals surface area contributed by atoms with Crippen LogP contribution in [0.2, 0.25) is 0 Å². The van der Waals surface area contributed by atoms with Crippen LogP contribution in [0.1, 0.15) is 31.0 Å². The lowest BCUT2D eigenvalue weighted by molar-refractivity contribution is 0.390. The van der Waals surface area contributed by atoms with Crippen LogP contribution in [-0.2, 0) is 30.0 Å². The van der Waals surface area contributed by atoms with Crippen molar-refractivity contribution in [1.82, 2.24) is 8.87 Å². The molecule has 0 amide bonds. The third-order valence-corrected chi connectivity index (χ3v) is 6.17. The Morgan fingerprint density at radius 1 is 1.18 bits per heavy atom. The third-order valence-electron chi connectivity index (χ3n) is 4.26. The van der Waals surface area contributed by atoms with Crippen molar-refractivity contribution in [3.05, 3.63) is 53.9 Å². The van der Waals surface area contributed by atoms with E-state index in [1.165, 1.54) is 0 Å². The molecule has 0 unspecified atom stereocenters. The van der Waals surface area contributed by atoms with Gasteiger partial charge in [-0.2, -0.15) is 4.31 Å². The number of rotatable bonds is 6. The summed E-state index contributed by atoms with van der Waals surface area (Å²) in [5, 5.41) is 0. The molecule has 1 aromatic heterocycles. The van der Waals surface area contributed by atoms with E-state index in [0.29, 0.717) is 11.4 Å². The van der Waals surface area contributed by atoms with Crippen molar-refractivity contribution >= 4 is 10.0 Å². The number of hydrogen-bond acceptors (Lipinski definition) is 2. The van der Waals surface area contributed by atoms with Crippen molar-refractivity contribution in [2.24, 2.45) is 7.05 Å². The second-order valence-corrected chi connectivity index (χ2v) is 7.78. The largest absolute Gasteiger partial charge is 0.353 e. The number of sulfonamides is 1. The average molecular weight is 318 g/mol. The zero-order valence-electron chi connectivity index (χ0n) is 13.1. The Balaban J connectivity index is 1.90. The average Bonchev–Trinajstić information content (AvgIpc) is 3.27. The molecule has 0 atom stereocenters. The minimum absolute atomic E-state index is 0.144. The number of aromatic nitrogens is 1.